The number of thioether (sulfide) groups is 1. The molecule has 1 fully saturated rings. The van der Waals surface area contributed by atoms with E-state index in [4.69, 9.17) is 18.4 Å². The Morgan fingerprint density at radius 1 is 1.26 bits per heavy atom. The van der Waals surface area contributed by atoms with Crippen LogP contribution in [-0.4, -0.2) is 46.9 Å². The number of rotatable bonds is 8. The van der Waals surface area contributed by atoms with Gasteiger partial charge >= 0.3 is 0 Å². The van der Waals surface area contributed by atoms with E-state index in [-0.39, 0.29) is 36.3 Å². The Morgan fingerprint density at radius 2 is 2.03 bits per heavy atom. The van der Waals surface area contributed by atoms with E-state index < -0.39 is 16.6 Å². The lowest BCUT2D eigenvalue weighted by atomic mass is 9.75. The molecule has 0 saturated carbocycles. The number of carbonyl (C=O) groups is 1. The van der Waals surface area contributed by atoms with Crippen LogP contribution in [0, 0.1) is 6.92 Å². The van der Waals surface area contributed by atoms with Gasteiger partial charge in [-0.15, -0.1) is 0 Å². The molecule has 1 aromatic carbocycles. The van der Waals surface area contributed by atoms with Crippen LogP contribution in [0.1, 0.15) is 36.6 Å². The zero-order valence-corrected chi connectivity index (χ0v) is 20.6. The van der Waals surface area contributed by atoms with Gasteiger partial charge in [-0.05, 0) is 43.4 Å². The molecule has 1 aliphatic rings. The molecule has 0 radical (unpaired) electrons. The van der Waals surface area contributed by atoms with Gasteiger partial charge in [-0.3, -0.25) is 9.59 Å². The number of carbonyl (C=O) groups excluding carboxylic acids is 1. The van der Waals surface area contributed by atoms with E-state index in [1.165, 1.54) is 20.3 Å². The summed E-state index contributed by atoms with van der Waals surface area (Å²) < 4.78 is 21.9. The van der Waals surface area contributed by atoms with Crippen molar-refractivity contribution in [3.8, 4) is 28.7 Å². The van der Waals surface area contributed by atoms with Gasteiger partial charge in [-0.2, -0.15) is 16.7 Å². The van der Waals surface area contributed by atoms with Crippen LogP contribution in [0.2, 0.25) is 0 Å². The number of nitrogens with one attached hydrogen (secondary N) is 1. The predicted octanol–water partition coefficient (Wildman–Crippen LogP) is 3.19. The molecule has 35 heavy (non-hydrogen) atoms. The molecular weight excluding hydrogens is 474 g/mol. The molecule has 3 heterocycles. The number of methoxy groups -OCH3 is 2. The third-order valence-electron chi connectivity index (χ3n) is 6.02. The third-order valence-corrected chi connectivity index (χ3v) is 7.01. The maximum atomic E-state index is 13.0. The lowest BCUT2D eigenvalue weighted by Gasteiger charge is -2.35. The maximum Gasteiger partial charge on any atom is 0.261 e. The Hall–Kier alpha value is -3.47. The van der Waals surface area contributed by atoms with Crippen LogP contribution in [-0.2, 0) is 16.8 Å². The number of aryl methyl sites for hydroxylation is 1. The summed E-state index contributed by atoms with van der Waals surface area (Å²) in [6, 6.07) is 6.55. The summed E-state index contributed by atoms with van der Waals surface area (Å²) in [5.74, 6) is 2.98. The van der Waals surface area contributed by atoms with Gasteiger partial charge in [0.15, 0.2) is 23.1 Å². The van der Waals surface area contributed by atoms with Crippen molar-refractivity contribution in [1.82, 2.24) is 15.5 Å². The number of nitrogens with zero attached hydrogens (tertiary/aromatic N) is 2. The monoisotopic (exact) mass is 501 g/mol. The molecule has 0 bridgehead atoms. The fraction of sp³-hybridized carbons (Fsp3) is 0.417. The van der Waals surface area contributed by atoms with E-state index in [0.717, 1.165) is 11.5 Å². The molecule has 0 spiro atoms. The van der Waals surface area contributed by atoms with Gasteiger partial charge in [-0.1, -0.05) is 11.2 Å². The first kappa shape index (κ1) is 24.6. The first-order valence-corrected chi connectivity index (χ1v) is 12.2. The van der Waals surface area contributed by atoms with Crippen LogP contribution < -0.4 is 20.2 Å². The van der Waals surface area contributed by atoms with E-state index in [1.807, 2.05) is 0 Å². The van der Waals surface area contributed by atoms with Crippen LogP contribution in [0.5, 0.6) is 17.2 Å². The molecule has 2 aromatic heterocycles. The Balaban J connectivity index is 1.49. The molecule has 4 rings (SSSR count). The largest absolute Gasteiger partial charge is 0.502 e. The van der Waals surface area contributed by atoms with Crippen molar-refractivity contribution in [2.45, 2.75) is 38.1 Å². The quantitative estimate of drug-likeness (QED) is 0.473. The van der Waals surface area contributed by atoms with E-state index in [0.29, 0.717) is 35.7 Å². The zero-order chi connectivity index (χ0) is 25.0. The molecule has 1 amide bonds. The number of hydrogen-bond donors (Lipinski definition) is 2. The highest BCUT2D eigenvalue weighted by atomic mass is 32.2. The van der Waals surface area contributed by atoms with E-state index in [9.17, 15) is 14.7 Å². The molecule has 1 saturated heterocycles. The molecule has 0 atom stereocenters. The average Bonchev–Trinajstić information content (AvgIpc) is 3.33. The minimum Gasteiger partial charge on any atom is -0.502 e. The summed E-state index contributed by atoms with van der Waals surface area (Å²) in [5, 5.41) is 17.2. The van der Waals surface area contributed by atoms with Crippen LogP contribution >= 0.6 is 11.8 Å². The minimum absolute atomic E-state index is 0.0448. The summed E-state index contributed by atoms with van der Waals surface area (Å²) in [7, 11) is 3.06. The molecular formula is C24H27N3O7S. The van der Waals surface area contributed by atoms with Gasteiger partial charge in [-0.25, -0.2) is 0 Å². The molecule has 1 aliphatic heterocycles. The van der Waals surface area contributed by atoms with Gasteiger partial charge < -0.3 is 28.8 Å². The molecule has 3 aromatic rings. The predicted molar refractivity (Wildman–Crippen MR) is 129 cm³/mol. The van der Waals surface area contributed by atoms with Gasteiger partial charge in [0.05, 0.1) is 26.3 Å². The fourth-order valence-electron chi connectivity index (χ4n) is 4.25. The highest BCUT2D eigenvalue weighted by Crippen LogP contribution is 2.44. The van der Waals surface area contributed by atoms with E-state index in [1.54, 1.807) is 36.9 Å². The van der Waals surface area contributed by atoms with Crippen molar-refractivity contribution in [2.24, 2.45) is 0 Å². The van der Waals surface area contributed by atoms with Crippen LogP contribution in [0.3, 0.4) is 0 Å². The average molecular weight is 502 g/mol. The summed E-state index contributed by atoms with van der Waals surface area (Å²) in [6.07, 6.45) is 1.27. The third kappa shape index (κ3) is 5.14. The smallest absolute Gasteiger partial charge is 0.261 e. The lowest BCUT2D eigenvalue weighted by molar-refractivity contribution is -0.122. The molecule has 10 nitrogen and oxygen atoms in total. The number of benzene rings is 1. The van der Waals surface area contributed by atoms with Crippen LogP contribution in [0.15, 0.2) is 38.0 Å². The first-order valence-electron chi connectivity index (χ1n) is 11.1. The Kier molecular flexibility index (Phi) is 7.34. The number of para-hydroxylation sites is 1. The standard InChI is InChI=1S/C24H27N3O7S/c1-14-11-16(28)20(30)22(33-14)24(7-9-35-10-8-24)12-19(29)25-13-18-26-23(34-27-18)15-5-4-6-17(31-2)21(15)32-3/h4-6,11,30H,7-10,12-13H2,1-3H3,(H,25,29). The molecule has 11 heteroatoms. The topological polar surface area (TPSA) is 137 Å². The number of amides is 1. The van der Waals surface area contributed by atoms with Gasteiger partial charge in [0.1, 0.15) is 5.76 Å². The van der Waals surface area contributed by atoms with Crippen molar-refractivity contribution in [3.05, 3.63) is 51.8 Å². The van der Waals surface area contributed by atoms with E-state index in [2.05, 4.69) is 15.5 Å². The van der Waals surface area contributed by atoms with E-state index >= 15 is 0 Å². The number of aromatic hydroxyl groups is 1. The Bertz CT molecular complexity index is 1260. The normalized spacial score (nSPS) is 14.9. The zero-order valence-electron chi connectivity index (χ0n) is 19.8. The summed E-state index contributed by atoms with van der Waals surface area (Å²) >= 11 is 1.76. The van der Waals surface area contributed by atoms with Crippen molar-refractivity contribution in [3.63, 3.8) is 0 Å². The van der Waals surface area contributed by atoms with Crippen molar-refractivity contribution in [2.75, 3.05) is 25.7 Å². The van der Waals surface area contributed by atoms with Gasteiger partial charge in [0, 0.05) is 17.9 Å². The van der Waals surface area contributed by atoms with Gasteiger partial charge in [0.25, 0.3) is 5.89 Å². The summed E-state index contributed by atoms with van der Waals surface area (Å²) in [5.41, 5.74) is -0.698. The highest BCUT2D eigenvalue weighted by Gasteiger charge is 2.41. The van der Waals surface area contributed by atoms with Crippen molar-refractivity contribution < 1.29 is 28.3 Å². The number of hydrogen-bond acceptors (Lipinski definition) is 10. The summed E-state index contributed by atoms with van der Waals surface area (Å²) in [6.45, 7) is 1.70. The van der Waals surface area contributed by atoms with Crippen molar-refractivity contribution in [1.29, 1.82) is 0 Å². The fourth-order valence-corrected chi connectivity index (χ4v) is 5.52. The lowest BCUT2D eigenvalue weighted by Crippen LogP contribution is -2.38. The highest BCUT2D eigenvalue weighted by molar-refractivity contribution is 7.99. The van der Waals surface area contributed by atoms with Gasteiger partial charge in [0.2, 0.25) is 17.1 Å². The SMILES string of the molecule is COc1cccc(-c2nc(CNC(=O)CC3(c4oc(C)cc(=O)c4O)CCSCC3)no2)c1OC. The van der Waals surface area contributed by atoms with Crippen LogP contribution in [0.4, 0.5) is 0 Å². The van der Waals surface area contributed by atoms with Crippen LogP contribution in [0.25, 0.3) is 11.5 Å². The number of aromatic nitrogens is 2. The molecule has 0 unspecified atom stereocenters. The second-order valence-electron chi connectivity index (χ2n) is 8.30. The molecule has 186 valence electrons. The first-order chi connectivity index (χ1) is 16.9. The summed E-state index contributed by atoms with van der Waals surface area (Å²) in [4.78, 5) is 29.5. The number of ether oxygens (including phenoxy) is 2. The molecule has 0 aliphatic carbocycles. The maximum absolute atomic E-state index is 13.0. The molecule has 2 N–H and O–H groups in total. The minimum atomic E-state index is -0.763. The second kappa shape index (κ2) is 10.4. The van der Waals surface area contributed by atoms with Crippen molar-refractivity contribution >= 4 is 17.7 Å². The Labute approximate surface area is 206 Å². The Morgan fingerprint density at radius 3 is 2.74 bits per heavy atom. The second-order valence-corrected chi connectivity index (χ2v) is 9.53.